The van der Waals surface area contributed by atoms with Crippen molar-refractivity contribution in [3.8, 4) is 0 Å². The Kier molecular flexibility index (Phi) is 4.66. The Labute approximate surface area is 135 Å². The van der Waals surface area contributed by atoms with Crippen molar-refractivity contribution in [2.45, 2.75) is 38.9 Å². The van der Waals surface area contributed by atoms with Crippen molar-refractivity contribution in [1.82, 2.24) is 30.0 Å². The van der Waals surface area contributed by atoms with Crippen LogP contribution < -0.4 is 5.32 Å². The molecule has 23 heavy (non-hydrogen) atoms. The molecule has 1 fully saturated rings. The van der Waals surface area contributed by atoms with Crippen LogP contribution in [0.5, 0.6) is 0 Å². The topological polar surface area (TPSA) is 75.9 Å². The minimum atomic E-state index is -0.0694. The first kappa shape index (κ1) is 15.6. The SMILES string of the molecule is Cc1ncc(CNC(=O)Cn2cccn2)c([C@H]2CCCN2C)n1. The molecule has 1 amide bonds. The fraction of sp³-hybridized carbons (Fsp3) is 0.500. The summed E-state index contributed by atoms with van der Waals surface area (Å²) in [6.45, 7) is 3.65. The molecule has 0 bridgehead atoms. The monoisotopic (exact) mass is 314 g/mol. The van der Waals surface area contributed by atoms with Crippen LogP contribution in [0.3, 0.4) is 0 Å². The van der Waals surface area contributed by atoms with E-state index in [-0.39, 0.29) is 12.5 Å². The largest absolute Gasteiger partial charge is 0.350 e. The number of nitrogens with one attached hydrogen (secondary N) is 1. The lowest BCUT2D eigenvalue weighted by Crippen LogP contribution is -2.29. The van der Waals surface area contributed by atoms with Crippen LogP contribution >= 0.6 is 0 Å². The highest BCUT2D eigenvalue weighted by Gasteiger charge is 2.26. The summed E-state index contributed by atoms with van der Waals surface area (Å²) in [5.74, 6) is 0.701. The van der Waals surface area contributed by atoms with Gasteiger partial charge in [0.1, 0.15) is 12.4 Å². The molecule has 2 aromatic rings. The first-order valence-electron chi connectivity index (χ1n) is 7.90. The Bertz CT molecular complexity index is 669. The number of amides is 1. The molecule has 3 rings (SSSR count). The second-order valence-electron chi connectivity index (χ2n) is 5.95. The second-order valence-corrected chi connectivity index (χ2v) is 5.95. The summed E-state index contributed by atoms with van der Waals surface area (Å²) in [6.07, 6.45) is 7.54. The van der Waals surface area contributed by atoms with Gasteiger partial charge in [0.2, 0.25) is 5.91 Å². The van der Waals surface area contributed by atoms with Crippen LogP contribution in [0.25, 0.3) is 0 Å². The molecule has 1 saturated heterocycles. The van der Waals surface area contributed by atoms with E-state index in [4.69, 9.17) is 0 Å². The quantitative estimate of drug-likeness (QED) is 0.893. The summed E-state index contributed by atoms with van der Waals surface area (Å²) in [6, 6.07) is 2.12. The Morgan fingerprint density at radius 2 is 2.35 bits per heavy atom. The number of hydrogen-bond acceptors (Lipinski definition) is 5. The third-order valence-corrected chi connectivity index (χ3v) is 4.20. The Hall–Kier alpha value is -2.28. The van der Waals surface area contributed by atoms with E-state index in [0.29, 0.717) is 12.6 Å². The van der Waals surface area contributed by atoms with Crippen molar-refractivity contribution in [2.24, 2.45) is 0 Å². The van der Waals surface area contributed by atoms with E-state index < -0.39 is 0 Å². The molecule has 1 atom stereocenters. The second kappa shape index (κ2) is 6.87. The third kappa shape index (κ3) is 3.73. The molecule has 1 aliphatic heterocycles. The number of nitrogens with zero attached hydrogens (tertiary/aromatic N) is 5. The Morgan fingerprint density at radius 1 is 1.48 bits per heavy atom. The van der Waals surface area contributed by atoms with Crippen molar-refractivity contribution >= 4 is 5.91 Å². The van der Waals surface area contributed by atoms with Gasteiger partial charge in [0.25, 0.3) is 0 Å². The molecule has 0 aliphatic carbocycles. The lowest BCUT2D eigenvalue weighted by atomic mass is 10.1. The zero-order valence-corrected chi connectivity index (χ0v) is 13.6. The van der Waals surface area contributed by atoms with E-state index in [0.717, 1.165) is 30.0 Å². The maximum Gasteiger partial charge on any atom is 0.241 e. The van der Waals surface area contributed by atoms with E-state index in [1.54, 1.807) is 23.1 Å². The van der Waals surface area contributed by atoms with Gasteiger partial charge in [-0.15, -0.1) is 0 Å². The molecule has 7 heteroatoms. The van der Waals surface area contributed by atoms with Crippen LogP contribution in [-0.4, -0.2) is 44.1 Å². The lowest BCUT2D eigenvalue weighted by molar-refractivity contribution is -0.122. The molecule has 0 saturated carbocycles. The van der Waals surface area contributed by atoms with E-state index in [9.17, 15) is 4.79 Å². The standard InChI is InChI=1S/C16H22N6O/c1-12-17-9-13(16(20-12)14-5-3-7-21(14)2)10-18-15(23)11-22-8-4-6-19-22/h4,6,8-9,14H,3,5,7,10-11H2,1-2H3,(H,18,23)/t14-/m1/s1. The number of hydrogen-bond donors (Lipinski definition) is 1. The highest BCUT2D eigenvalue weighted by atomic mass is 16.2. The predicted octanol–water partition coefficient (Wildman–Crippen LogP) is 1.06. The molecular weight excluding hydrogens is 292 g/mol. The van der Waals surface area contributed by atoms with Crippen molar-refractivity contribution in [3.63, 3.8) is 0 Å². The predicted molar refractivity (Wildman–Crippen MR) is 85.4 cm³/mol. The number of aryl methyl sites for hydroxylation is 1. The van der Waals surface area contributed by atoms with Gasteiger partial charge in [-0.1, -0.05) is 0 Å². The van der Waals surface area contributed by atoms with Gasteiger partial charge in [-0.2, -0.15) is 5.10 Å². The van der Waals surface area contributed by atoms with Gasteiger partial charge in [-0.3, -0.25) is 14.4 Å². The molecular formula is C16H22N6O. The molecule has 0 radical (unpaired) electrons. The smallest absolute Gasteiger partial charge is 0.241 e. The summed E-state index contributed by atoms with van der Waals surface area (Å²) in [7, 11) is 2.12. The molecule has 0 unspecified atom stereocenters. The normalized spacial score (nSPS) is 18.3. The minimum Gasteiger partial charge on any atom is -0.350 e. The first-order valence-corrected chi connectivity index (χ1v) is 7.90. The summed E-state index contributed by atoms with van der Waals surface area (Å²) in [4.78, 5) is 23.3. The van der Waals surface area contributed by atoms with Crippen LogP contribution in [-0.2, 0) is 17.9 Å². The molecule has 1 N–H and O–H groups in total. The fourth-order valence-electron chi connectivity index (χ4n) is 2.98. The molecule has 122 valence electrons. The van der Waals surface area contributed by atoms with Crippen molar-refractivity contribution in [2.75, 3.05) is 13.6 Å². The zero-order valence-electron chi connectivity index (χ0n) is 13.6. The third-order valence-electron chi connectivity index (χ3n) is 4.20. The zero-order chi connectivity index (χ0) is 16.2. The maximum atomic E-state index is 12.0. The number of aromatic nitrogens is 4. The molecule has 0 aromatic carbocycles. The number of rotatable bonds is 5. The van der Waals surface area contributed by atoms with Gasteiger partial charge in [-0.05, 0) is 39.4 Å². The Morgan fingerprint density at radius 3 is 3.04 bits per heavy atom. The van der Waals surface area contributed by atoms with Gasteiger partial charge in [0.05, 0.1) is 11.7 Å². The lowest BCUT2D eigenvalue weighted by Gasteiger charge is -2.21. The van der Waals surface area contributed by atoms with E-state index in [1.807, 2.05) is 13.1 Å². The molecule has 2 aromatic heterocycles. The van der Waals surface area contributed by atoms with Crippen LogP contribution in [0.4, 0.5) is 0 Å². The van der Waals surface area contributed by atoms with Crippen molar-refractivity contribution in [1.29, 1.82) is 0 Å². The van der Waals surface area contributed by atoms with Gasteiger partial charge in [0.15, 0.2) is 0 Å². The molecule has 3 heterocycles. The average Bonchev–Trinajstić information content (AvgIpc) is 3.17. The molecule has 1 aliphatic rings. The highest BCUT2D eigenvalue weighted by molar-refractivity contribution is 5.75. The van der Waals surface area contributed by atoms with Gasteiger partial charge >= 0.3 is 0 Å². The highest BCUT2D eigenvalue weighted by Crippen LogP contribution is 2.30. The number of carbonyl (C=O) groups excluding carboxylic acids is 1. The van der Waals surface area contributed by atoms with Crippen LogP contribution in [0.1, 0.15) is 36.0 Å². The van der Waals surface area contributed by atoms with Gasteiger partial charge in [-0.25, -0.2) is 9.97 Å². The average molecular weight is 314 g/mol. The molecule has 7 nitrogen and oxygen atoms in total. The van der Waals surface area contributed by atoms with Crippen molar-refractivity contribution in [3.05, 3.63) is 41.7 Å². The van der Waals surface area contributed by atoms with Gasteiger partial charge in [0, 0.05) is 30.7 Å². The Balaban J connectivity index is 1.68. The van der Waals surface area contributed by atoms with Crippen LogP contribution in [0.15, 0.2) is 24.7 Å². The van der Waals surface area contributed by atoms with E-state index in [2.05, 4.69) is 32.3 Å². The first-order chi connectivity index (χ1) is 11.1. The molecule has 0 spiro atoms. The summed E-state index contributed by atoms with van der Waals surface area (Å²) in [5.41, 5.74) is 2.03. The number of likely N-dealkylation sites (tertiary alicyclic amines) is 1. The van der Waals surface area contributed by atoms with Crippen LogP contribution in [0.2, 0.25) is 0 Å². The summed E-state index contributed by atoms with van der Waals surface area (Å²) >= 11 is 0. The summed E-state index contributed by atoms with van der Waals surface area (Å²) < 4.78 is 1.60. The number of carbonyl (C=O) groups is 1. The summed E-state index contributed by atoms with van der Waals surface area (Å²) in [5, 5.41) is 6.97. The van der Waals surface area contributed by atoms with Crippen LogP contribution in [0, 0.1) is 6.92 Å². The maximum absolute atomic E-state index is 12.0. The minimum absolute atomic E-state index is 0.0694. The van der Waals surface area contributed by atoms with Gasteiger partial charge < -0.3 is 5.32 Å². The van der Waals surface area contributed by atoms with E-state index >= 15 is 0 Å². The van der Waals surface area contributed by atoms with E-state index in [1.165, 1.54) is 6.42 Å². The van der Waals surface area contributed by atoms with Crippen molar-refractivity contribution < 1.29 is 4.79 Å². The fourth-order valence-corrected chi connectivity index (χ4v) is 2.98.